The monoisotopic (exact) mass is 691 g/mol. The molecule has 3 fully saturated rings. The predicted molar refractivity (Wildman–Crippen MR) is 188 cm³/mol. The standard InChI is InChI=1S/C36H41N7O3.2ClH/c1-3-46-35-29(34(45-2)39-33(40-35)27-14-15-27)23-41-21-28-22-42(36(44)30-20-37-16-17-38-30)18-19-43(28)31(24-41)32(25-10-6-4-7-11-25)26-12-8-5-9-13-26;;/h4-13,16-17,20,27-28,31-32H,3,14-15,18-19,21-24H2,1-2H3;2*1H/t28-,31+;;/m1../s1. The molecule has 0 N–H and O–H groups in total. The molecule has 0 bridgehead atoms. The number of rotatable bonds is 10. The minimum Gasteiger partial charge on any atom is -0.481 e. The van der Waals surface area contributed by atoms with Gasteiger partial charge in [0.05, 0.1) is 25.5 Å². The van der Waals surface area contributed by atoms with E-state index in [-0.39, 0.29) is 48.7 Å². The van der Waals surface area contributed by atoms with E-state index in [0.29, 0.717) is 49.6 Å². The quantitative estimate of drug-likeness (QED) is 0.221. The van der Waals surface area contributed by atoms with Gasteiger partial charge in [0.2, 0.25) is 11.8 Å². The maximum atomic E-state index is 13.5. The summed E-state index contributed by atoms with van der Waals surface area (Å²) in [6.07, 6.45) is 6.93. The zero-order valence-electron chi connectivity index (χ0n) is 27.4. The number of hydrogen-bond donors (Lipinski definition) is 0. The molecular formula is C36H43Cl2N7O3. The molecule has 48 heavy (non-hydrogen) atoms. The van der Waals surface area contributed by atoms with Crippen molar-refractivity contribution in [3.8, 4) is 11.8 Å². The first kappa shape index (κ1) is 35.5. The highest BCUT2D eigenvalue weighted by Gasteiger charge is 2.44. The van der Waals surface area contributed by atoms with Gasteiger partial charge in [0.25, 0.3) is 5.91 Å². The summed E-state index contributed by atoms with van der Waals surface area (Å²) in [4.78, 5) is 38.8. The van der Waals surface area contributed by atoms with E-state index in [9.17, 15) is 4.79 Å². The van der Waals surface area contributed by atoms with Crippen LogP contribution in [0.25, 0.3) is 0 Å². The lowest BCUT2D eigenvalue weighted by molar-refractivity contribution is -0.0293. The molecule has 10 nitrogen and oxygen atoms in total. The molecule has 2 aromatic heterocycles. The van der Waals surface area contributed by atoms with Gasteiger partial charge in [-0.05, 0) is 30.9 Å². The van der Waals surface area contributed by atoms with E-state index in [1.54, 1.807) is 25.7 Å². The number of hydrogen-bond acceptors (Lipinski definition) is 9. The Balaban J connectivity index is 0.00000225. The van der Waals surface area contributed by atoms with Gasteiger partial charge >= 0.3 is 0 Å². The number of ether oxygens (including phenoxy) is 2. The van der Waals surface area contributed by atoms with Crippen LogP contribution < -0.4 is 9.47 Å². The molecule has 7 rings (SSSR count). The molecule has 1 amide bonds. The lowest BCUT2D eigenvalue weighted by Crippen LogP contribution is -2.67. The number of nitrogens with zero attached hydrogens (tertiary/aromatic N) is 7. The van der Waals surface area contributed by atoms with Crippen LogP contribution in [-0.2, 0) is 6.54 Å². The van der Waals surface area contributed by atoms with E-state index in [2.05, 4.69) is 80.4 Å². The smallest absolute Gasteiger partial charge is 0.274 e. The summed E-state index contributed by atoms with van der Waals surface area (Å²) in [5.41, 5.74) is 3.81. The Morgan fingerprint density at radius 1 is 0.896 bits per heavy atom. The van der Waals surface area contributed by atoms with Crippen molar-refractivity contribution in [3.63, 3.8) is 0 Å². The van der Waals surface area contributed by atoms with Crippen LogP contribution >= 0.6 is 24.8 Å². The number of benzene rings is 2. The molecule has 2 saturated heterocycles. The van der Waals surface area contributed by atoms with Gasteiger partial charge in [0.1, 0.15) is 11.5 Å². The molecule has 4 heterocycles. The van der Waals surface area contributed by atoms with E-state index in [4.69, 9.17) is 19.4 Å². The Morgan fingerprint density at radius 3 is 2.19 bits per heavy atom. The average Bonchev–Trinajstić information content (AvgIpc) is 3.96. The Bertz CT molecular complexity index is 1590. The molecule has 2 atom stereocenters. The molecule has 0 unspecified atom stereocenters. The third-order valence-corrected chi connectivity index (χ3v) is 9.39. The number of carbonyl (C=O) groups is 1. The van der Waals surface area contributed by atoms with E-state index in [1.807, 2.05) is 11.8 Å². The van der Waals surface area contributed by atoms with Crippen LogP contribution in [0.2, 0.25) is 0 Å². The van der Waals surface area contributed by atoms with Crippen LogP contribution in [0.4, 0.5) is 0 Å². The van der Waals surface area contributed by atoms with Gasteiger partial charge in [0, 0.05) is 75.6 Å². The van der Waals surface area contributed by atoms with Crippen molar-refractivity contribution >= 4 is 30.7 Å². The summed E-state index contributed by atoms with van der Waals surface area (Å²) in [6.45, 7) is 6.69. The zero-order valence-corrected chi connectivity index (χ0v) is 29.0. The second-order valence-corrected chi connectivity index (χ2v) is 12.4. The molecule has 254 valence electrons. The van der Waals surface area contributed by atoms with Crippen molar-refractivity contribution in [1.82, 2.24) is 34.6 Å². The van der Waals surface area contributed by atoms with Gasteiger partial charge in [0.15, 0.2) is 0 Å². The zero-order chi connectivity index (χ0) is 31.5. The molecule has 2 aliphatic heterocycles. The molecule has 2 aromatic carbocycles. The van der Waals surface area contributed by atoms with Crippen LogP contribution in [0.1, 0.15) is 64.6 Å². The van der Waals surface area contributed by atoms with Gasteiger partial charge in [-0.3, -0.25) is 19.6 Å². The highest BCUT2D eigenvalue weighted by Crippen LogP contribution is 2.41. The summed E-state index contributed by atoms with van der Waals surface area (Å²) < 4.78 is 12.0. The van der Waals surface area contributed by atoms with Crippen molar-refractivity contribution in [1.29, 1.82) is 0 Å². The molecule has 0 spiro atoms. The molecule has 3 aliphatic rings. The Labute approximate surface area is 294 Å². The van der Waals surface area contributed by atoms with Crippen LogP contribution in [0.5, 0.6) is 11.8 Å². The van der Waals surface area contributed by atoms with Crippen LogP contribution in [0, 0.1) is 0 Å². The molecule has 12 heteroatoms. The Morgan fingerprint density at radius 2 is 1.58 bits per heavy atom. The summed E-state index contributed by atoms with van der Waals surface area (Å²) in [5, 5.41) is 0. The number of halogens is 2. The summed E-state index contributed by atoms with van der Waals surface area (Å²) in [5.74, 6) is 2.45. The fourth-order valence-corrected chi connectivity index (χ4v) is 7.12. The highest BCUT2D eigenvalue weighted by atomic mass is 35.5. The van der Waals surface area contributed by atoms with Crippen molar-refractivity contribution in [3.05, 3.63) is 107 Å². The number of aromatic nitrogens is 4. The third kappa shape index (κ3) is 7.57. The lowest BCUT2D eigenvalue weighted by Gasteiger charge is -2.53. The van der Waals surface area contributed by atoms with Crippen molar-refractivity contribution in [2.24, 2.45) is 0 Å². The Hall–Kier alpha value is -3.83. The number of methoxy groups -OCH3 is 1. The molecule has 1 saturated carbocycles. The second-order valence-electron chi connectivity index (χ2n) is 12.4. The van der Waals surface area contributed by atoms with E-state index < -0.39 is 0 Å². The normalized spacial score (nSPS) is 19.5. The van der Waals surface area contributed by atoms with Crippen LogP contribution in [0.15, 0.2) is 79.3 Å². The van der Waals surface area contributed by atoms with Gasteiger partial charge in [-0.15, -0.1) is 24.8 Å². The molecule has 0 radical (unpaired) electrons. The first-order chi connectivity index (χ1) is 22.6. The number of carbonyl (C=O) groups excluding carboxylic acids is 1. The fraction of sp³-hybridized carbons (Fsp3) is 0.417. The van der Waals surface area contributed by atoms with Gasteiger partial charge in [-0.2, -0.15) is 9.97 Å². The first-order valence-electron chi connectivity index (χ1n) is 16.3. The molecule has 4 aromatic rings. The van der Waals surface area contributed by atoms with Crippen molar-refractivity contribution < 1.29 is 14.3 Å². The summed E-state index contributed by atoms with van der Waals surface area (Å²) >= 11 is 0. The van der Waals surface area contributed by atoms with E-state index >= 15 is 0 Å². The lowest BCUT2D eigenvalue weighted by atomic mass is 9.81. The topological polar surface area (TPSA) is 96.8 Å². The minimum absolute atomic E-state index is 0. The van der Waals surface area contributed by atoms with Gasteiger partial charge in [-0.25, -0.2) is 4.98 Å². The number of piperazine rings is 2. The maximum absolute atomic E-state index is 13.5. The van der Waals surface area contributed by atoms with Crippen molar-refractivity contribution in [2.75, 3.05) is 46.4 Å². The van der Waals surface area contributed by atoms with Gasteiger partial charge in [-0.1, -0.05) is 60.7 Å². The predicted octanol–water partition coefficient (Wildman–Crippen LogP) is 5.24. The third-order valence-electron chi connectivity index (χ3n) is 9.39. The number of amides is 1. The Kier molecular flexibility index (Phi) is 11.9. The van der Waals surface area contributed by atoms with Gasteiger partial charge < -0.3 is 14.4 Å². The highest BCUT2D eigenvalue weighted by molar-refractivity contribution is 5.92. The largest absolute Gasteiger partial charge is 0.481 e. The second kappa shape index (κ2) is 16.0. The maximum Gasteiger partial charge on any atom is 0.274 e. The average molecular weight is 693 g/mol. The van der Waals surface area contributed by atoms with Crippen molar-refractivity contribution in [2.45, 2.75) is 50.2 Å². The number of fused-ring (bicyclic) bond motifs is 1. The fourth-order valence-electron chi connectivity index (χ4n) is 7.12. The summed E-state index contributed by atoms with van der Waals surface area (Å²) in [6, 6.07) is 21.9. The minimum atomic E-state index is -0.0755. The first-order valence-corrected chi connectivity index (χ1v) is 16.3. The van der Waals surface area contributed by atoms with E-state index in [0.717, 1.165) is 43.9 Å². The SMILES string of the molecule is CCOc1nc(C2CC2)nc(OC)c1CN1C[C@@H]2CN(C(=O)c3cnccn3)CCN2[C@H](C(c2ccccc2)c2ccccc2)C1.Cl.Cl. The molecular weight excluding hydrogens is 649 g/mol. The van der Waals surface area contributed by atoms with Crippen LogP contribution in [-0.4, -0.2) is 99.1 Å². The van der Waals surface area contributed by atoms with Crippen LogP contribution in [0.3, 0.4) is 0 Å². The van der Waals surface area contributed by atoms with E-state index in [1.165, 1.54) is 11.1 Å². The molecule has 1 aliphatic carbocycles. The summed E-state index contributed by atoms with van der Waals surface area (Å²) in [7, 11) is 1.68.